The lowest BCUT2D eigenvalue weighted by Gasteiger charge is -2.39. The van der Waals surface area contributed by atoms with Gasteiger partial charge >= 0.3 is 6.92 Å². The summed E-state index contributed by atoms with van der Waals surface area (Å²) in [5.41, 5.74) is 7.97. The Morgan fingerprint density at radius 3 is 1.52 bits per heavy atom. The van der Waals surface area contributed by atoms with Crippen molar-refractivity contribution in [3.05, 3.63) is 124 Å². The van der Waals surface area contributed by atoms with E-state index in [0.717, 1.165) is 11.1 Å². The zero-order valence-electron chi connectivity index (χ0n) is 17.6. The van der Waals surface area contributed by atoms with Crippen LogP contribution in [0.1, 0.15) is 38.8 Å². The summed E-state index contributed by atoms with van der Waals surface area (Å²) in [4.78, 5) is 0. The lowest BCUT2D eigenvalue weighted by Crippen LogP contribution is -2.44. The average Bonchev–Trinajstić information content (AvgIpc) is 2.86. The number of hydrogen-bond acceptors (Lipinski definition) is 1. The summed E-state index contributed by atoms with van der Waals surface area (Å²) in [5.74, 6) is 0. The van der Waals surface area contributed by atoms with Crippen molar-refractivity contribution < 1.29 is 4.65 Å². The maximum absolute atomic E-state index is 7.21. The Balaban J connectivity index is 2.04. The van der Waals surface area contributed by atoms with Gasteiger partial charge < -0.3 is 4.65 Å². The molecule has 0 aliphatic carbocycles. The predicted molar refractivity (Wildman–Crippen MR) is 123 cm³/mol. The Kier molecular flexibility index (Phi) is 5.30. The Morgan fingerprint density at radius 1 is 0.586 bits per heavy atom. The standard InChI is InChI=1S/C27H27BO/c1-20-21(2)23(4)28(26-18-12-7-13-19-26)29-27(22(20)3,24-14-8-5-9-15-24)25-16-10-6-11-17-25/h5-19H,1-4H3. The molecule has 0 saturated carbocycles. The molecular weight excluding hydrogens is 351 g/mol. The average molecular weight is 378 g/mol. The van der Waals surface area contributed by atoms with Crippen LogP contribution >= 0.6 is 0 Å². The highest BCUT2D eigenvalue weighted by atomic mass is 16.5. The van der Waals surface area contributed by atoms with Crippen molar-refractivity contribution in [2.45, 2.75) is 33.3 Å². The van der Waals surface area contributed by atoms with Crippen LogP contribution in [0.5, 0.6) is 0 Å². The van der Waals surface area contributed by atoms with Crippen LogP contribution in [0.15, 0.2) is 113 Å². The van der Waals surface area contributed by atoms with Gasteiger partial charge in [0, 0.05) is 0 Å². The minimum atomic E-state index is -0.647. The van der Waals surface area contributed by atoms with Crippen molar-refractivity contribution in [2.75, 3.05) is 0 Å². The van der Waals surface area contributed by atoms with E-state index in [9.17, 15) is 0 Å². The van der Waals surface area contributed by atoms with Gasteiger partial charge in [-0.1, -0.05) is 102 Å². The van der Waals surface area contributed by atoms with E-state index in [1.807, 2.05) is 0 Å². The smallest absolute Gasteiger partial charge is 0.358 e. The summed E-state index contributed by atoms with van der Waals surface area (Å²) in [6.07, 6.45) is 0. The largest absolute Gasteiger partial charge is 0.410 e. The minimum absolute atomic E-state index is 0.121. The zero-order chi connectivity index (χ0) is 20.4. The van der Waals surface area contributed by atoms with Gasteiger partial charge in [-0.05, 0) is 55.4 Å². The van der Waals surface area contributed by atoms with Crippen LogP contribution < -0.4 is 5.46 Å². The first-order chi connectivity index (χ1) is 14.1. The van der Waals surface area contributed by atoms with Gasteiger partial charge in [0.15, 0.2) is 0 Å². The second-order valence-electron chi connectivity index (χ2n) is 7.88. The summed E-state index contributed by atoms with van der Waals surface area (Å²) in [6.45, 7) is 8.75. The van der Waals surface area contributed by atoms with Crippen molar-refractivity contribution in [1.29, 1.82) is 0 Å². The molecule has 0 N–H and O–H groups in total. The molecule has 3 aromatic rings. The van der Waals surface area contributed by atoms with Gasteiger partial charge in [-0.25, -0.2) is 0 Å². The van der Waals surface area contributed by atoms with E-state index < -0.39 is 5.60 Å². The molecule has 2 heteroatoms. The van der Waals surface area contributed by atoms with Gasteiger partial charge in [-0.2, -0.15) is 0 Å². The summed E-state index contributed by atoms with van der Waals surface area (Å²) >= 11 is 0. The van der Waals surface area contributed by atoms with Crippen LogP contribution in [-0.4, -0.2) is 6.92 Å². The second-order valence-corrected chi connectivity index (χ2v) is 7.88. The van der Waals surface area contributed by atoms with Crippen LogP contribution in [0.2, 0.25) is 0 Å². The molecule has 0 amide bonds. The lowest BCUT2D eigenvalue weighted by atomic mass is 9.53. The quantitative estimate of drug-likeness (QED) is 0.503. The first-order valence-electron chi connectivity index (χ1n) is 10.2. The highest BCUT2D eigenvalue weighted by molar-refractivity contribution is 6.74. The highest BCUT2D eigenvalue weighted by Crippen LogP contribution is 2.45. The molecule has 0 aromatic heterocycles. The van der Waals surface area contributed by atoms with E-state index in [1.165, 1.54) is 27.7 Å². The van der Waals surface area contributed by atoms with Gasteiger partial charge in [0.25, 0.3) is 0 Å². The molecule has 3 aromatic carbocycles. The van der Waals surface area contributed by atoms with Crippen molar-refractivity contribution in [2.24, 2.45) is 0 Å². The van der Waals surface area contributed by atoms with E-state index in [1.54, 1.807) is 0 Å². The summed E-state index contributed by atoms with van der Waals surface area (Å²) in [7, 11) is 0. The third-order valence-electron chi connectivity index (χ3n) is 6.40. The van der Waals surface area contributed by atoms with Gasteiger partial charge in [0.1, 0.15) is 5.60 Å². The number of benzene rings is 3. The number of allylic oxidation sites excluding steroid dienone is 3. The topological polar surface area (TPSA) is 9.23 Å². The molecule has 29 heavy (non-hydrogen) atoms. The third kappa shape index (κ3) is 3.28. The second kappa shape index (κ2) is 7.89. The summed E-state index contributed by atoms with van der Waals surface area (Å²) in [6, 6.07) is 31.8. The first-order valence-corrected chi connectivity index (χ1v) is 10.2. The van der Waals surface area contributed by atoms with Gasteiger partial charge in [0.2, 0.25) is 0 Å². The monoisotopic (exact) mass is 378 g/mol. The number of hydrogen-bond donors (Lipinski definition) is 0. The lowest BCUT2D eigenvalue weighted by molar-refractivity contribution is 0.155. The van der Waals surface area contributed by atoms with E-state index in [4.69, 9.17) is 4.65 Å². The van der Waals surface area contributed by atoms with Gasteiger partial charge in [-0.15, -0.1) is 0 Å². The molecule has 0 radical (unpaired) electrons. The molecule has 1 aliphatic heterocycles. The molecule has 0 bridgehead atoms. The molecule has 0 fully saturated rings. The zero-order valence-corrected chi connectivity index (χ0v) is 17.6. The normalized spacial score (nSPS) is 16.8. The van der Waals surface area contributed by atoms with Gasteiger partial charge in [-0.3, -0.25) is 0 Å². The van der Waals surface area contributed by atoms with Crippen molar-refractivity contribution in [3.63, 3.8) is 0 Å². The van der Waals surface area contributed by atoms with Crippen molar-refractivity contribution >= 4 is 12.4 Å². The minimum Gasteiger partial charge on any atom is -0.410 e. The molecule has 0 unspecified atom stereocenters. The maximum Gasteiger partial charge on any atom is 0.358 e. The number of rotatable bonds is 3. The van der Waals surface area contributed by atoms with Crippen LogP contribution in [0.3, 0.4) is 0 Å². The van der Waals surface area contributed by atoms with Gasteiger partial charge in [0.05, 0.1) is 0 Å². The Hall–Kier alpha value is -2.84. The molecule has 4 rings (SSSR count). The molecule has 144 valence electrons. The molecule has 0 saturated heterocycles. The Labute approximate surface area is 174 Å². The fourth-order valence-electron chi connectivity index (χ4n) is 4.42. The predicted octanol–water partition coefficient (Wildman–Crippen LogP) is 6.07. The Bertz CT molecular complexity index is 1010. The van der Waals surface area contributed by atoms with Crippen LogP contribution in [0.4, 0.5) is 0 Å². The summed E-state index contributed by atoms with van der Waals surface area (Å²) < 4.78 is 7.21. The molecule has 0 spiro atoms. The van der Waals surface area contributed by atoms with Crippen LogP contribution in [0, 0.1) is 0 Å². The molecule has 0 atom stereocenters. The SMILES string of the molecule is CC1=C(C)C(C)=C(C)C(c2ccccc2)(c2ccccc2)OB1c1ccccc1. The van der Waals surface area contributed by atoms with Crippen molar-refractivity contribution in [1.82, 2.24) is 0 Å². The van der Waals surface area contributed by atoms with E-state index in [-0.39, 0.29) is 6.92 Å². The van der Waals surface area contributed by atoms with Crippen molar-refractivity contribution in [3.8, 4) is 0 Å². The van der Waals surface area contributed by atoms with Crippen LogP contribution in [0.25, 0.3) is 0 Å². The van der Waals surface area contributed by atoms with E-state index in [2.05, 4.69) is 119 Å². The van der Waals surface area contributed by atoms with Crippen LogP contribution in [-0.2, 0) is 10.3 Å². The molecule has 1 heterocycles. The third-order valence-corrected chi connectivity index (χ3v) is 6.40. The fraction of sp³-hybridized carbons (Fsp3) is 0.185. The highest BCUT2D eigenvalue weighted by Gasteiger charge is 2.44. The summed E-state index contributed by atoms with van der Waals surface area (Å²) in [5, 5.41) is 0. The molecule has 1 aliphatic rings. The van der Waals surface area contributed by atoms with E-state index in [0.29, 0.717) is 0 Å². The Morgan fingerprint density at radius 2 is 1.03 bits per heavy atom. The maximum atomic E-state index is 7.21. The molecular formula is C27H27BO. The fourth-order valence-corrected chi connectivity index (χ4v) is 4.42. The molecule has 1 nitrogen and oxygen atoms in total. The van der Waals surface area contributed by atoms with E-state index >= 15 is 0 Å². The first kappa shape index (κ1) is 19.5.